The van der Waals surface area contributed by atoms with E-state index in [1.54, 1.807) is 0 Å². The topological polar surface area (TPSA) is 63.0 Å². The number of aryl methyl sites for hydroxylation is 2. The lowest BCUT2D eigenvalue weighted by Crippen LogP contribution is -2.51. The molecule has 2 fully saturated rings. The minimum absolute atomic E-state index is 0.0136. The zero-order valence-corrected chi connectivity index (χ0v) is 17.7. The van der Waals surface area contributed by atoms with Crippen LogP contribution in [0.15, 0.2) is 10.5 Å². The predicted molar refractivity (Wildman–Crippen MR) is 107 cm³/mol. The van der Waals surface area contributed by atoms with Gasteiger partial charge in [0.2, 0.25) is 0 Å². The van der Waals surface area contributed by atoms with Crippen LogP contribution in [0.2, 0.25) is 0 Å². The molecule has 2 aliphatic rings. The van der Waals surface area contributed by atoms with Crippen molar-refractivity contribution in [3.8, 4) is 0 Å². The number of carbonyl (C=O) groups is 2. The molecular weight excluding hydrogens is 356 g/mol. The molecule has 2 amide bonds. The Balaban J connectivity index is 1.60. The standard InChI is InChI=1S/C22H34N2O4/c1-15(2)14-27-22(26)23-11-8-18(9-12-23)19-7-5-6-10-24(19)21(25)20-13-16(3)17(4)28-20/h13,15,18-19H,5-12,14H2,1-4H3. The van der Waals surface area contributed by atoms with E-state index >= 15 is 0 Å². The summed E-state index contributed by atoms with van der Waals surface area (Å²) in [6.45, 7) is 10.6. The van der Waals surface area contributed by atoms with Crippen molar-refractivity contribution in [2.24, 2.45) is 11.8 Å². The van der Waals surface area contributed by atoms with Crippen LogP contribution >= 0.6 is 0 Å². The number of piperidine rings is 2. The number of hydrogen-bond acceptors (Lipinski definition) is 4. The first-order valence-corrected chi connectivity index (χ1v) is 10.7. The van der Waals surface area contributed by atoms with Crippen molar-refractivity contribution < 1.29 is 18.7 Å². The van der Waals surface area contributed by atoms with E-state index in [0.29, 0.717) is 37.3 Å². The van der Waals surface area contributed by atoms with Crippen molar-refractivity contribution in [3.63, 3.8) is 0 Å². The lowest BCUT2D eigenvalue weighted by molar-refractivity contribution is 0.0337. The lowest BCUT2D eigenvalue weighted by atomic mass is 9.83. The van der Waals surface area contributed by atoms with Gasteiger partial charge in [0.05, 0.1) is 6.61 Å². The summed E-state index contributed by atoms with van der Waals surface area (Å²) in [5.41, 5.74) is 1.02. The van der Waals surface area contributed by atoms with Crippen LogP contribution in [0.3, 0.4) is 0 Å². The van der Waals surface area contributed by atoms with Gasteiger partial charge < -0.3 is 19.0 Å². The first-order valence-electron chi connectivity index (χ1n) is 10.7. The Morgan fingerprint density at radius 1 is 1.14 bits per heavy atom. The number of nitrogens with zero attached hydrogens (tertiary/aromatic N) is 2. The second-order valence-corrected chi connectivity index (χ2v) is 8.71. The molecule has 28 heavy (non-hydrogen) atoms. The highest BCUT2D eigenvalue weighted by Gasteiger charge is 2.37. The maximum atomic E-state index is 13.1. The van der Waals surface area contributed by atoms with Gasteiger partial charge in [0.25, 0.3) is 5.91 Å². The largest absolute Gasteiger partial charge is 0.456 e. The zero-order valence-electron chi connectivity index (χ0n) is 17.7. The summed E-state index contributed by atoms with van der Waals surface area (Å²) in [6, 6.07) is 2.09. The summed E-state index contributed by atoms with van der Waals surface area (Å²) in [5.74, 6) is 2.05. The first kappa shape index (κ1) is 20.7. The average Bonchev–Trinajstić information content (AvgIpc) is 3.04. The number of hydrogen-bond donors (Lipinski definition) is 0. The van der Waals surface area contributed by atoms with Gasteiger partial charge >= 0.3 is 6.09 Å². The van der Waals surface area contributed by atoms with Crippen LogP contribution < -0.4 is 0 Å². The van der Waals surface area contributed by atoms with E-state index in [1.807, 2.05) is 43.6 Å². The van der Waals surface area contributed by atoms with Crippen LogP contribution in [0.5, 0.6) is 0 Å². The summed E-state index contributed by atoms with van der Waals surface area (Å²) in [4.78, 5) is 29.1. The second kappa shape index (κ2) is 9.01. The van der Waals surface area contributed by atoms with Gasteiger partial charge in [0, 0.05) is 25.7 Å². The third-order valence-electron chi connectivity index (χ3n) is 6.07. The van der Waals surface area contributed by atoms with Gasteiger partial charge in [-0.05, 0) is 69.4 Å². The fourth-order valence-corrected chi connectivity index (χ4v) is 4.32. The Hall–Kier alpha value is -1.98. The molecule has 3 heterocycles. The molecule has 1 atom stereocenters. The van der Waals surface area contributed by atoms with E-state index < -0.39 is 0 Å². The summed E-state index contributed by atoms with van der Waals surface area (Å²) in [6.07, 6.45) is 4.86. The van der Waals surface area contributed by atoms with Crippen molar-refractivity contribution in [2.75, 3.05) is 26.2 Å². The van der Waals surface area contributed by atoms with Crippen molar-refractivity contribution >= 4 is 12.0 Å². The normalized spacial score (nSPS) is 21.2. The Morgan fingerprint density at radius 3 is 2.46 bits per heavy atom. The Labute approximate surface area is 168 Å². The van der Waals surface area contributed by atoms with E-state index in [-0.39, 0.29) is 18.0 Å². The molecule has 0 spiro atoms. The van der Waals surface area contributed by atoms with Crippen molar-refractivity contribution in [2.45, 2.75) is 65.8 Å². The van der Waals surface area contributed by atoms with Crippen molar-refractivity contribution in [1.82, 2.24) is 9.80 Å². The molecule has 6 nitrogen and oxygen atoms in total. The Bertz CT molecular complexity index is 669. The second-order valence-electron chi connectivity index (χ2n) is 8.71. The SMILES string of the molecule is Cc1cc(C(=O)N2CCCCC2C2CCN(C(=O)OCC(C)C)CC2)oc1C. The van der Waals surface area contributed by atoms with E-state index in [4.69, 9.17) is 9.15 Å². The molecule has 2 aliphatic heterocycles. The Kier molecular flexibility index (Phi) is 6.68. The minimum Gasteiger partial charge on any atom is -0.456 e. The molecule has 1 aromatic heterocycles. The smallest absolute Gasteiger partial charge is 0.409 e. The maximum absolute atomic E-state index is 13.1. The summed E-state index contributed by atoms with van der Waals surface area (Å²) >= 11 is 0. The molecule has 1 aromatic rings. The molecule has 2 saturated heterocycles. The van der Waals surface area contributed by atoms with Crippen molar-refractivity contribution in [3.05, 3.63) is 23.2 Å². The maximum Gasteiger partial charge on any atom is 0.409 e. The summed E-state index contributed by atoms with van der Waals surface area (Å²) in [7, 11) is 0. The highest BCUT2D eigenvalue weighted by Crippen LogP contribution is 2.32. The van der Waals surface area contributed by atoms with E-state index in [9.17, 15) is 9.59 Å². The monoisotopic (exact) mass is 390 g/mol. The van der Waals surface area contributed by atoms with Crippen LogP contribution in [0.25, 0.3) is 0 Å². The molecule has 0 saturated carbocycles. The third-order valence-corrected chi connectivity index (χ3v) is 6.07. The number of carbonyl (C=O) groups excluding carboxylic acids is 2. The van der Waals surface area contributed by atoms with Gasteiger partial charge in [-0.1, -0.05) is 13.8 Å². The van der Waals surface area contributed by atoms with Gasteiger partial charge in [-0.15, -0.1) is 0 Å². The van der Waals surface area contributed by atoms with Crippen LogP contribution in [-0.4, -0.2) is 54.1 Å². The molecule has 3 rings (SSSR count). The fraction of sp³-hybridized carbons (Fsp3) is 0.727. The fourth-order valence-electron chi connectivity index (χ4n) is 4.32. The molecule has 0 N–H and O–H groups in total. The number of likely N-dealkylation sites (tertiary alicyclic amines) is 2. The predicted octanol–water partition coefficient (Wildman–Crippen LogP) is 4.40. The zero-order chi connectivity index (χ0) is 20.3. The van der Waals surface area contributed by atoms with Gasteiger partial charge in [0.1, 0.15) is 5.76 Å². The van der Waals surface area contributed by atoms with Gasteiger partial charge in [-0.3, -0.25) is 4.79 Å². The molecule has 156 valence electrons. The van der Waals surface area contributed by atoms with Crippen molar-refractivity contribution in [1.29, 1.82) is 0 Å². The van der Waals surface area contributed by atoms with Gasteiger partial charge in [-0.2, -0.15) is 0 Å². The highest BCUT2D eigenvalue weighted by molar-refractivity contribution is 5.92. The number of amides is 2. The summed E-state index contributed by atoms with van der Waals surface area (Å²) in [5, 5.41) is 0. The molecule has 0 aliphatic carbocycles. The van der Waals surface area contributed by atoms with E-state index in [0.717, 1.165) is 50.0 Å². The lowest BCUT2D eigenvalue weighted by Gasteiger charge is -2.43. The molecule has 0 radical (unpaired) electrons. The Morgan fingerprint density at radius 2 is 1.86 bits per heavy atom. The van der Waals surface area contributed by atoms with E-state index in [1.165, 1.54) is 0 Å². The van der Waals surface area contributed by atoms with Crippen LogP contribution in [-0.2, 0) is 4.74 Å². The first-order chi connectivity index (χ1) is 13.4. The van der Waals surface area contributed by atoms with Crippen LogP contribution in [0.1, 0.15) is 67.8 Å². The van der Waals surface area contributed by atoms with Gasteiger partial charge in [0.15, 0.2) is 5.76 Å². The minimum atomic E-state index is -0.203. The van der Waals surface area contributed by atoms with E-state index in [2.05, 4.69) is 0 Å². The number of furan rings is 1. The van der Waals surface area contributed by atoms with Gasteiger partial charge in [-0.25, -0.2) is 4.79 Å². The van der Waals surface area contributed by atoms with Crippen LogP contribution in [0, 0.1) is 25.7 Å². The highest BCUT2D eigenvalue weighted by atomic mass is 16.6. The molecule has 1 unspecified atom stereocenters. The summed E-state index contributed by atoms with van der Waals surface area (Å²) < 4.78 is 11.1. The molecule has 0 bridgehead atoms. The average molecular weight is 391 g/mol. The number of rotatable bonds is 4. The third kappa shape index (κ3) is 4.70. The quantitative estimate of drug-likeness (QED) is 0.765. The molecule has 0 aromatic carbocycles. The molecule has 6 heteroatoms. The number of ether oxygens (including phenoxy) is 1. The van der Waals surface area contributed by atoms with Crippen LogP contribution in [0.4, 0.5) is 4.79 Å². The molecular formula is C22H34N2O4.